The molecule has 2 aliphatic carbocycles. The van der Waals surface area contributed by atoms with Crippen LogP contribution in [-0.2, 0) is 11.2 Å². The van der Waals surface area contributed by atoms with Crippen molar-refractivity contribution in [3.8, 4) is 0 Å². The van der Waals surface area contributed by atoms with Crippen LogP contribution in [0.25, 0.3) is 0 Å². The van der Waals surface area contributed by atoms with Crippen LogP contribution in [0.1, 0.15) is 62.5 Å². The van der Waals surface area contributed by atoms with E-state index in [0.717, 1.165) is 25.4 Å². The quantitative estimate of drug-likeness (QED) is 0.907. The zero-order valence-electron chi connectivity index (χ0n) is 13.3. The Morgan fingerprint density at radius 2 is 1.95 bits per heavy atom. The third-order valence-corrected chi connectivity index (χ3v) is 5.64. The molecule has 1 aromatic carbocycles. The van der Waals surface area contributed by atoms with Crippen LogP contribution in [0.2, 0.25) is 0 Å². The van der Waals surface area contributed by atoms with Gasteiger partial charge in [0, 0.05) is 12.5 Å². The highest BCUT2D eigenvalue weighted by Gasteiger charge is 2.35. The lowest BCUT2D eigenvalue weighted by atomic mass is 9.79. The molecule has 2 aliphatic rings. The lowest BCUT2D eigenvalue weighted by Gasteiger charge is -2.40. The summed E-state index contributed by atoms with van der Waals surface area (Å²) in [7, 11) is 0. The fraction of sp³-hybridized carbons (Fsp3) is 0.684. The van der Waals surface area contributed by atoms with Gasteiger partial charge in [-0.2, -0.15) is 0 Å². The Kier molecular flexibility index (Phi) is 4.66. The maximum atomic E-state index is 6.44. The molecule has 0 spiro atoms. The summed E-state index contributed by atoms with van der Waals surface area (Å²) >= 11 is 0. The first-order valence-corrected chi connectivity index (χ1v) is 8.64. The van der Waals surface area contributed by atoms with Gasteiger partial charge in [0.25, 0.3) is 0 Å². The lowest BCUT2D eigenvalue weighted by Crippen LogP contribution is -2.44. The van der Waals surface area contributed by atoms with Crippen LogP contribution in [0.4, 0.5) is 0 Å². The molecule has 0 radical (unpaired) electrons. The minimum atomic E-state index is -0.0428. The van der Waals surface area contributed by atoms with Gasteiger partial charge >= 0.3 is 0 Å². The van der Waals surface area contributed by atoms with Gasteiger partial charge in [0.1, 0.15) is 0 Å². The molecule has 0 heterocycles. The normalized spacial score (nSPS) is 32.7. The number of hydrogen-bond donors (Lipinski definition) is 1. The van der Waals surface area contributed by atoms with Gasteiger partial charge in [0.15, 0.2) is 0 Å². The molecule has 2 nitrogen and oxygen atoms in total. The second-order valence-corrected chi connectivity index (χ2v) is 7.17. The molecular weight excluding hydrogens is 258 g/mol. The molecule has 3 rings (SSSR count). The van der Waals surface area contributed by atoms with Crippen molar-refractivity contribution in [2.75, 3.05) is 13.2 Å². The number of hydrogen-bond acceptors (Lipinski definition) is 2. The summed E-state index contributed by atoms with van der Waals surface area (Å²) in [4.78, 5) is 0. The molecule has 2 N–H and O–H groups in total. The first-order chi connectivity index (χ1) is 10.2. The Labute approximate surface area is 129 Å². The number of ether oxygens (including phenoxy) is 1. The van der Waals surface area contributed by atoms with Gasteiger partial charge in [-0.1, -0.05) is 31.2 Å². The molecule has 0 bridgehead atoms. The SMILES string of the molecule is CC1CCC(CN)(OCC2CCCc3ccccc32)CC1. The summed E-state index contributed by atoms with van der Waals surface area (Å²) in [5.41, 5.74) is 9.06. The second-order valence-electron chi connectivity index (χ2n) is 7.17. The standard InChI is InChI=1S/C19H29NO/c1-15-9-11-19(14-20,12-10-15)21-13-17-7-4-6-16-5-2-3-8-18(16)17/h2-3,5,8,15,17H,4,6-7,9-14,20H2,1H3. The Hall–Kier alpha value is -0.860. The highest BCUT2D eigenvalue weighted by molar-refractivity contribution is 5.32. The molecule has 0 aliphatic heterocycles. The van der Waals surface area contributed by atoms with Crippen molar-refractivity contribution in [2.45, 2.75) is 63.4 Å². The second kappa shape index (κ2) is 6.50. The smallest absolute Gasteiger partial charge is 0.0804 e. The van der Waals surface area contributed by atoms with E-state index >= 15 is 0 Å². The number of aryl methyl sites for hydroxylation is 1. The van der Waals surface area contributed by atoms with Crippen molar-refractivity contribution in [3.63, 3.8) is 0 Å². The molecule has 1 saturated carbocycles. The van der Waals surface area contributed by atoms with E-state index in [9.17, 15) is 0 Å². The summed E-state index contributed by atoms with van der Waals surface area (Å²) in [6, 6.07) is 8.90. The molecule has 2 heteroatoms. The molecule has 0 saturated heterocycles. The van der Waals surface area contributed by atoms with Gasteiger partial charge in [-0.05, 0) is 62.0 Å². The average molecular weight is 287 g/mol. The first-order valence-electron chi connectivity index (χ1n) is 8.64. The van der Waals surface area contributed by atoms with Gasteiger partial charge in [-0.15, -0.1) is 0 Å². The Morgan fingerprint density at radius 1 is 1.19 bits per heavy atom. The van der Waals surface area contributed by atoms with Crippen molar-refractivity contribution in [2.24, 2.45) is 11.7 Å². The summed E-state index contributed by atoms with van der Waals surface area (Å²) < 4.78 is 6.44. The van der Waals surface area contributed by atoms with Crippen LogP contribution in [0.3, 0.4) is 0 Å². The summed E-state index contributed by atoms with van der Waals surface area (Å²) in [6.45, 7) is 3.87. The monoisotopic (exact) mass is 287 g/mol. The third kappa shape index (κ3) is 3.32. The Bertz CT molecular complexity index is 462. The van der Waals surface area contributed by atoms with E-state index in [1.807, 2.05) is 0 Å². The molecule has 21 heavy (non-hydrogen) atoms. The number of nitrogens with two attached hydrogens (primary N) is 1. The Morgan fingerprint density at radius 3 is 2.71 bits per heavy atom. The number of benzene rings is 1. The fourth-order valence-electron chi connectivity index (χ4n) is 4.00. The third-order valence-electron chi connectivity index (χ3n) is 5.64. The van der Waals surface area contributed by atoms with Crippen LogP contribution in [0, 0.1) is 5.92 Å². The highest BCUT2D eigenvalue weighted by Crippen LogP contribution is 2.37. The van der Waals surface area contributed by atoms with Crippen LogP contribution in [-0.4, -0.2) is 18.8 Å². The molecule has 116 valence electrons. The predicted octanol–water partition coefficient (Wildman–Crippen LogP) is 4.03. The maximum Gasteiger partial charge on any atom is 0.0804 e. The molecule has 0 aromatic heterocycles. The van der Waals surface area contributed by atoms with Gasteiger partial charge in [-0.3, -0.25) is 0 Å². The van der Waals surface area contributed by atoms with Gasteiger partial charge in [0.05, 0.1) is 12.2 Å². The van der Waals surface area contributed by atoms with Crippen molar-refractivity contribution in [1.29, 1.82) is 0 Å². The van der Waals surface area contributed by atoms with Gasteiger partial charge in [-0.25, -0.2) is 0 Å². The van der Waals surface area contributed by atoms with Gasteiger partial charge < -0.3 is 10.5 Å². The lowest BCUT2D eigenvalue weighted by molar-refractivity contribution is -0.0764. The van der Waals surface area contributed by atoms with Crippen LogP contribution in [0.5, 0.6) is 0 Å². The van der Waals surface area contributed by atoms with Crippen molar-refractivity contribution < 1.29 is 4.74 Å². The predicted molar refractivity (Wildman–Crippen MR) is 87.5 cm³/mol. The van der Waals surface area contributed by atoms with E-state index in [4.69, 9.17) is 10.5 Å². The molecule has 1 fully saturated rings. The summed E-state index contributed by atoms with van der Waals surface area (Å²) in [5, 5.41) is 0. The molecule has 1 unspecified atom stereocenters. The van der Waals surface area contributed by atoms with Gasteiger partial charge in [0.2, 0.25) is 0 Å². The first kappa shape index (κ1) is 15.1. The van der Waals surface area contributed by atoms with Crippen molar-refractivity contribution in [1.82, 2.24) is 0 Å². The van der Waals surface area contributed by atoms with Crippen LogP contribution >= 0.6 is 0 Å². The highest BCUT2D eigenvalue weighted by atomic mass is 16.5. The van der Waals surface area contributed by atoms with Crippen LogP contribution in [0.15, 0.2) is 24.3 Å². The molecular formula is C19H29NO. The van der Waals surface area contributed by atoms with E-state index in [1.165, 1.54) is 43.2 Å². The van der Waals surface area contributed by atoms with E-state index in [1.54, 1.807) is 0 Å². The zero-order valence-corrected chi connectivity index (χ0v) is 13.3. The van der Waals surface area contributed by atoms with E-state index in [2.05, 4.69) is 31.2 Å². The zero-order chi connectivity index (χ0) is 14.7. The number of rotatable bonds is 4. The molecule has 1 aromatic rings. The fourth-order valence-corrected chi connectivity index (χ4v) is 4.00. The van der Waals surface area contributed by atoms with E-state index in [0.29, 0.717) is 12.5 Å². The summed E-state index contributed by atoms with van der Waals surface area (Å²) in [5.74, 6) is 1.40. The average Bonchev–Trinajstić information content (AvgIpc) is 2.55. The largest absolute Gasteiger partial charge is 0.373 e. The topological polar surface area (TPSA) is 35.2 Å². The maximum absolute atomic E-state index is 6.44. The van der Waals surface area contributed by atoms with Crippen molar-refractivity contribution in [3.05, 3.63) is 35.4 Å². The van der Waals surface area contributed by atoms with E-state index in [-0.39, 0.29) is 5.60 Å². The minimum Gasteiger partial charge on any atom is -0.373 e. The Balaban J connectivity index is 1.65. The molecule has 1 atom stereocenters. The van der Waals surface area contributed by atoms with Crippen LogP contribution < -0.4 is 5.73 Å². The van der Waals surface area contributed by atoms with Crippen molar-refractivity contribution >= 4 is 0 Å². The summed E-state index contributed by atoms with van der Waals surface area (Å²) in [6.07, 6.45) is 8.58. The minimum absolute atomic E-state index is 0.0428. The van der Waals surface area contributed by atoms with E-state index < -0.39 is 0 Å². The molecule has 0 amide bonds. The number of fused-ring (bicyclic) bond motifs is 1.